The van der Waals surface area contributed by atoms with Crippen molar-refractivity contribution in [3.63, 3.8) is 0 Å². The SMILES string of the molecule is C[C@@H]1c2cc(Cl)c(Cl)cc2CCN1CCCS(N)(=O)=O. The third kappa shape index (κ3) is 3.86. The Bertz CT molecular complexity index is 605. The lowest BCUT2D eigenvalue weighted by atomic mass is 9.93. The predicted molar refractivity (Wildman–Crippen MR) is 82.7 cm³/mol. The van der Waals surface area contributed by atoms with Crippen molar-refractivity contribution >= 4 is 33.2 Å². The monoisotopic (exact) mass is 336 g/mol. The fraction of sp³-hybridized carbons (Fsp3) is 0.538. The lowest BCUT2D eigenvalue weighted by Crippen LogP contribution is -2.35. The van der Waals surface area contributed by atoms with Crippen LogP contribution in [0, 0.1) is 0 Å². The van der Waals surface area contributed by atoms with E-state index in [-0.39, 0.29) is 11.8 Å². The molecule has 2 rings (SSSR count). The van der Waals surface area contributed by atoms with Crippen LogP contribution in [0.25, 0.3) is 0 Å². The Morgan fingerprint density at radius 2 is 2.00 bits per heavy atom. The van der Waals surface area contributed by atoms with Crippen molar-refractivity contribution in [1.29, 1.82) is 0 Å². The van der Waals surface area contributed by atoms with Crippen molar-refractivity contribution in [1.82, 2.24) is 4.90 Å². The van der Waals surface area contributed by atoms with Crippen LogP contribution in [-0.4, -0.2) is 32.2 Å². The molecule has 1 aliphatic heterocycles. The Morgan fingerprint density at radius 1 is 1.35 bits per heavy atom. The quantitative estimate of drug-likeness (QED) is 0.919. The molecule has 0 saturated heterocycles. The largest absolute Gasteiger partial charge is 0.296 e. The number of fused-ring (bicyclic) bond motifs is 1. The first kappa shape index (κ1) is 16.0. The van der Waals surface area contributed by atoms with Crippen LogP contribution >= 0.6 is 23.2 Å². The van der Waals surface area contributed by atoms with Gasteiger partial charge in [-0.3, -0.25) is 4.90 Å². The highest BCUT2D eigenvalue weighted by atomic mass is 35.5. The van der Waals surface area contributed by atoms with E-state index in [9.17, 15) is 8.42 Å². The summed E-state index contributed by atoms with van der Waals surface area (Å²) in [6.07, 6.45) is 1.44. The molecule has 2 N–H and O–H groups in total. The van der Waals surface area contributed by atoms with E-state index in [2.05, 4.69) is 11.8 Å². The molecule has 0 radical (unpaired) electrons. The molecule has 0 spiro atoms. The van der Waals surface area contributed by atoms with Gasteiger partial charge in [-0.05, 0) is 49.6 Å². The Labute approximate surface area is 129 Å². The number of halogens is 2. The van der Waals surface area contributed by atoms with E-state index in [1.807, 2.05) is 12.1 Å². The zero-order valence-electron chi connectivity index (χ0n) is 11.3. The second-order valence-corrected chi connectivity index (χ2v) is 7.70. The smallest absolute Gasteiger partial charge is 0.209 e. The molecule has 20 heavy (non-hydrogen) atoms. The van der Waals surface area contributed by atoms with Crippen molar-refractivity contribution in [3.8, 4) is 0 Å². The molecule has 0 saturated carbocycles. The van der Waals surface area contributed by atoms with Crippen LogP contribution in [0.2, 0.25) is 10.0 Å². The van der Waals surface area contributed by atoms with Crippen LogP contribution in [-0.2, 0) is 16.4 Å². The van der Waals surface area contributed by atoms with Gasteiger partial charge in [0.1, 0.15) is 0 Å². The summed E-state index contributed by atoms with van der Waals surface area (Å²) in [7, 11) is -3.38. The minimum atomic E-state index is -3.38. The van der Waals surface area contributed by atoms with Gasteiger partial charge in [-0.25, -0.2) is 13.6 Å². The maximum Gasteiger partial charge on any atom is 0.209 e. The number of sulfonamides is 1. The van der Waals surface area contributed by atoms with Crippen LogP contribution in [0.15, 0.2) is 12.1 Å². The minimum absolute atomic E-state index is 0.0183. The standard InChI is InChI=1S/C13H18Cl2N2O2S/c1-9-11-8-13(15)12(14)7-10(11)3-5-17(9)4-2-6-20(16,18)19/h7-9H,2-6H2,1H3,(H2,16,18,19)/t9-/m1/s1. The van der Waals surface area contributed by atoms with Gasteiger partial charge in [0.25, 0.3) is 0 Å². The van der Waals surface area contributed by atoms with Gasteiger partial charge in [0.05, 0.1) is 15.8 Å². The average Bonchev–Trinajstić information content (AvgIpc) is 2.33. The molecule has 1 aliphatic rings. The summed E-state index contributed by atoms with van der Waals surface area (Å²) in [5, 5.41) is 6.16. The van der Waals surface area contributed by atoms with E-state index >= 15 is 0 Å². The summed E-state index contributed by atoms with van der Waals surface area (Å²) in [4.78, 5) is 2.25. The molecule has 0 aliphatic carbocycles. The minimum Gasteiger partial charge on any atom is -0.296 e. The number of hydrogen-bond donors (Lipinski definition) is 1. The molecular formula is C13H18Cl2N2O2S. The molecule has 1 atom stereocenters. The fourth-order valence-corrected chi connectivity index (χ4v) is 3.53. The zero-order valence-corrected chi connectivity index (χ0v) is 13.6. The van der Waals surface area contributed by atoms with Crippen molar-refractivity contribution in [3.05, 3.63) is 33.3 Å². The molecule has 1 aromatic carbocycles. The highest BCUT2D eigenvalue weighted by Crippen LogP contribution is 2.35. The molecule has 112 valence electrons. The first-order chi connectivity index (χ1) is 9.28. The number of nitrogens with zero attached hydrogens (tertiary/aromatic N) is 1. The summed E-state index contributed by atoms with van der Waals surface area (Å²) < 4.78 is 21.9. The molecule has 0 unspecified atom stereocenters. The van der Waals surface area contributed by atoms with Crippen molar-refractivity contribution in [2.75, 3.05) is 18.8 Å². The number of benzene rings is 1. The summed E-state index contributed by atoms with van der Waals surface area (Å²) in [5.74, 6) is 0.0183. The third-order valence-corrected chi connectivity index (χ3v) is 5.30. The van der Waals surface area contributed by atoms with Crippen molar-refractivity contribution in [2.24, 2.45) is 5.14 Å². The van der Waals surface area contributed by atoms with E-state index in [0.717, 1.165) is 13.0 Å². The first-order valence-corrected chi connectivity index (χ1v) is 8.97. The molecular weight excluding hydrogens is 319 g/mol. The summed E-state index contributed by atoms with van der Waals surface area (Å²) in [6.45, 7) is 3.69. The van der Waals surface area contributed by atoms with Crippen LogP contribution in [0.4, 0.5) is 0 Å². The van der Waals surface area contributed by atoms with E-state index in [0.29, 0.717) is 23.0 Å². The average molecular weight is 337 g/mol. The normalized spacial score (nSPS) is 19.9. The predicted octanol–water partition coefficient (Wildman–Crippen LogP) is 2.59. The lowest BCUT2D eigenvalue weighted by molar-refractivity contribution is 0.199. The van der Waals surface area contributed by atoms with Gasteiger partial charge in [0.2, 0.25) is 10.0 Å². The summed E-state index contributed by atoms with van der Waals surface area (Å²) in [6, 6.07) is 4.04. The number of primary sulfonamides is 1. The molecule has 7 heteroatoms. The third-order valence-electron chi connectivity index (χ3n) is 3.72. The molecule has 1 aromatic rings. The summed E-state index contributed by atoms with van der Waals surface area (Å²) >= 11 is 12.1. The van der Waals surface area contributed by atoms with Gasteiger partial charge in [-0.2, -0.15) is 0 Å². The molecule has 0 bridgehead atoms. The first-order valence-electron chi connectivity index (χ1n) is 6.50. The lowest BCUT2D eigenvalue weighted by Gasteiger charge is -2.35. The van der Waals surface area contributed by atoms with E-state index < -0.39 is 10.0 Å². The van der Waals surface area contributed by atoms with Gasteiger partial charge in [-0.15, -0.1) is 0 Å². The molecule has 4 nitrogen and oxygen atoms in total. The van der Waals surface area contributed by atoms with E-state index in [1.54, 1.807) is 0 Å². The van der Waals surface area contributed by atoms with Crippen LogP contribution in [0.3, 0.4) is 0 Å². The highest BCUT2D eigenvalue weighted by Gasteiger charge is 2.24. The van der Waals surface area contributed by atoms with Crippen molar-refractivity contribution in [2.45, 2.75) is 25.8 Å². The number of nitrogens with two attached hydrogens (primary N) is 1. The van der Waals surface area contributed by atoms with Crippen LogP contribution in [0.5, 0.6) is 0 Å². The Kier molecular flexibility index (Phi) is 4.97. The molecule has 1 heterocycles. The summed E-state index contributed by atoms with van der Waals surface area (Å²) in [5.41, 5.74) is 2.39. The van der Waals surface area contributed by atoms with Gasteiger partial charge in [0.15, 0.2) is 0 Å². The fourth-order valence-electron chi connectivity index (χ4n) is 2.64. The second-order valence-electron chi connectivity index (χ2n) is 5.15. The molecule has 0 amide bonds. The van der Waals surface area contributed by atoms with Gasteiger partial charge < -0.3 is 0 Å². The van der Waals surface area contributed by atoms with Crippen LogP contribution in [0.1, 0.15) is 30.5 Å². The molecule has 0 aromatic heterocycles. The second kappa shape index (κ2) is 6.20. The van der Waals surface area contributed by atoms with Crippen molar-refractivity contribution < 1.29 is 8.42 Å². The number of hydrogen-bond acceptors (Lipinski definition) is 3. The van der Waals surface area contributed by atoms with Gasteiger partial charge in [-0.1, -0.05) is 23.2 Å². The zero-order chi connectivity index (χ0) is 14.9. The van der Waals surface area contributed by atoms with Gasteiger partial charge >= 0.3 is 0 Å². The topological polar surface area (TPSA) is 63.4 Å². The van der Waals surface area contributed by atoms with Gasteiger partial charge in [0, 0.05) is 12.6 Å². The molecule has 0 fully saturated rings. The van der Waals surface area contributed by atoms with E-state index in [4.69, 9.17) is 28.3 Å². The Morgan fingerprint density at radius 3 is 2.65 bits per heavy atom. The maximum atomic E-state index is 11.0. The maximum absolute atomic E-state index is 11.0. The Hall–Kier alpha value is -0.330. The number of rotatable bonds is 4. The van der Waals surface area contributed by atoms with Crippen LogP contribution < -0.4 is 5.14 Å². The van der Waals surface area contributed by atoms with E-state index in [1.165, 1.54) is 11.1 Å². The highest BCUT2D eigenvalue weighted by molar-refractivity contribution is 7.89. The Balaban J connectivity index is 2.07.